The molecule has 3 rings (SSSR count). The average Bonchev–Trinajstić information content (AvgIpc) is 3.09. The fourth-order valence-electron chi connectivity index (χ4n) is 2.85. The number of nitrogens with one attached hydrogen (secondary N) is 1. The van der Waals surface area contributed by atoms with Crippen LogP contribution in [0.3, 0.4) is 0 Å². The quantitative estimate of drug-likeness (QED) is 0.940. The number of halogens is 1. The van der Waals surface area contributed by atoms with E-state index in [1.165, 1.54) is 0 Å². The lowest BCUT2D eigenvalue weighted by Crippen LogP contribution is -2.35. The van der Waals surface area contributed by atoms with Crippen molar-refractivity contribution >= 4 is 17.5 Å². The largest absolute Gasteiger partial charge is 0.352 e. The molecular weight excluding hydrogens is 300 g/mol. The Hall–Kier alpha value is -1.85. The number of carbonyl (C=O) groups excluding carboxylic acids is 1. The van der Waals surface area contributed by atoms with E-state index >= 15 is 0 Å². The molecule has 0 aliphatic carbocycles. The van der Waals surface area contributed by atoms with Crippen molar-refractivity contribution in [3.63, 3.8) is 0 Å². The number of likely N-dealkylation sites (tertiary alicyclic amines) is 1. The number of amides is 1. The third kappa shape index (κ3) is 3.48. The van der Waals surface area contributed by atoms with Crippen LogP contribution in [0.2, 0.25) is 5.02 Å². The Balaban J connectivity index is 1.63. The molecule has 1 atom stereocenters. The smallest absolute Gasteiger partial charge is 0.217 e. The van der Waals surface area contributed by atoms with Crippen LogP contribution in [-0.4, -0.2) is 39.7 Å². The summed E-state index contributed by atoms with van der Waals surface area (Å²) in [6.07, 6.45) is 4.88. The van der Waals surface area contributed by atoms with Gasteiger partial charge < -0.3 is 5.32 Å². The summed E-state index contributed by atoms with van der Waals surface area (Å²) in [4.78, 5) is 13.4. The van der Waals surface area contributed by atoms with Crippen LogP contribution in [0.1, 0.15) is 18.9 Å². The van der Waals surface area contributed by atoms with Crippen molar-refractivity contribution < 1.29 is 4.79 Å². The second kappa shape index (κ2) is 6.50. The van der Waals surface area contributed by atoms with E-state index in [1.54, 1.807) is 11.6 Å². The Labute approximate surface area is 134 Å². The fourth-order valence-corrected chi connectivity index (χ4v) is 3.07. The normalized spacial score (nSPS) is 18.5. The predicted molar refractivity (Wildman–Crippen MR) is 86.1 cm³/mol. The van der Waals surface area contributed by atoms with Gasteiger partial charge in [-0.05, 0) is 18.6 Å². The third-order valence-corrected chi connectivity index (χ3v) is 4.14. The minimum Gasteiger partial charge on any atom is -0.352 e. The van der Waals surface area contributed by atoms with Crippen LogP contribution in [-0.2, 0) is 11.3 Å². The van der Waals surface area contributed by atoms with E-state index in [0.29, 0.717) is 5.02 Å². The molecule has 5 nitrogen and oxygen atoms in total. The lowest BCUT2D eigenvalue weighted by molar-refractivity contribution is -0.119. The summed E-state index contributed by atoms with van der Waals surface area (Å²) < 4.78 is 1.80. The molecule has 1 N–H and O–H groups in total. The van der Waals surface area contributed by atoms with Gasteiger partial charge in [-0.15, -0.1) is 0 Å². The van der Waals surface area contributed by atoms with Gasteiger partial charge in [0.05, 0.1) is 16.9 Å². The van der Waals surface area contributed by atoms with Gasteiger partial charge in [-0.2, -0.15) is 5.10 Å². The standard InChI is InChI=1S/C16H19ClN4O/c1-12(22)19-14-6-7-20(11-14)9-13-8-18-21(10-13)16-5-3-2-4-15(16)17/h2-5,8,10,14H,6-7,9,11H2,1H3,(H,19,22). The molecule has 6 heteroatoms. The summed E-state index contributed by atoms with van der Waals surface area (Å²) in [5.74, 6) is 0.0402. The molecular formula is C16H19ClN4O. The second-order valence-corrected chi connectivity index (χ2v) is 6.07. The molecule has 1 saturated heterocycles. The number of nitrogens with zero attached hydrogens (tertiary/aromatic N) is 3. The van der Waals surface area contributed by atoms with Gasteiger partial charge in [0.25, 0.3) is 0 Å². The van der Waals surface area contributed by atoms with Crippen molar-refractivity contribution in [1.82, 2.24) is 20.0 Å². The van der Waals surface area contributed by atoms with Gasteiger partial charge in [0, 0.05) is 44.4 Å². The fraction of sp³-hybridized carbons (Fsp3) is 0.375. The predicted octanol–water partition coefficient (Wildman–Crippen LogP) is 2.24. The highest BCUT2D eigenvalue weighted by Crippen LogP contribution is 2.20. The summed E-state index contributed by atoms with van der Waals surface area (Å²) >= 11 is 6.19. The molecule has 1 fully saturated rings. The van der Waals surface area contributed by atoms with Crippen LogP contribution in [0.15, 0.2) is 36.7 Å². The highest BCUT2D eigenvalue weighted by Gasteiger charge is 2.23. The van der Waals surface area contributed by atoms with Crippen molar-refractivity contribution in [3.8, 4) is 5.69 Å². The van der Waals surface area contributed by atoms with E-state index in [1.807, 2.05) is 36.7 Å². The number of para-hydroxylation sites is 1. The molecule has 116 valence electrons. The number of aromatic nitrogens is 2. The lowest BCUT2D eigenvalue weighted by Gasteiger charge is -2.15. The molecule has 1 aromatic carbocycles. The monoisotopic (exact) mass is 318 g/mol. The maximum atomic E-state index is 11.1. The molecule has 0 spiro atoms. The first kappa shape index (κ1) is 15.1. The Morgan fingerprint density at radius 2 is 2.27 bits per heavy atom. The van der Waals surface area contributed by atoms with Crippen molar-refractivity contribution in [3.05, 3.63) is 47.2 Å². The summed E-state index contributed by atoms with van der Waals surface area (Å²) in [5, 5.41) is 8.05. The van der Waals surface area contributed by atoms with E-state index in [0.717, 1.165) is 37.3 Å². The van der Waals surface area contributed by atoms with Crippen LogP contribution in [0, 0.1) is 0 Å². The van der Waals surface area contributed by atoms with E-state index in [4.69, 9.17) is 11.6 Å². The van der Waals surface area contributed by atoms with Crippen molar-refractivity contribution in [2.24, 2.45) is 0 Å². The summed E-state index contributed by atoms with van der Waals surface area (Å²) in [6.45, 7) is 4.27. The Morgan fingerprint density at radius 1 is 1.45 bits per heavy atom. The first-order valence-electron chi connectivity index (χ1n) is 7.40. The second-order valence-electron chi connectivity index (χ2n) is 5.67. The van der Waals surface area contributed by atoms with Gasteiger partial charge in [0.1, 0.15) is 0 Å². The summed E-state index contributed by atoms with van der Waals surface area (Å²) in [7, 11) is 0. The number of hydrogen-bond acceptors (Lipinski definition) is 3. The molecule has 0 saturated carbocycles. The number of rotatable bonds is 4. The van der Waals surface area contributed by atoms with Gasteiger partial charge in [-0.1, -0.05) is 23.7 Å². The Morgan fingerprint density at radius 3 is 3.05 bits per heavy atom. The molecule has 1 aromatic heterocycles. The zero-order valence-electron chi connectivity index (χ0n) is 12.5. The van der Waals surface area contributed by atoms with E-state index in [9.17, 15) is 4.79 Å². The van der Waals surface area contributed by atoms with Crippen molar-refractivity contribution in [2.45, 2.75) is 25.9 Å². The van der Waals surface area contributed by atoms with E-state index < -0.39 is 0 Å². The Bertz CT molecular complexity index is 670. The maximum Gasteiger partial charge on any atom is 0.217 e. The molecule has 0 radical (unpaired) electrons. The molecule has 2 heterocycles. The zero-order valence-corrected chi connectivity index (χ0v) is 13.3. The third-order valence-electron chi connectivity index (χ3n) is 3.82. The van der Waals surface area contributed by atoms with Crippen LogP contribution in [0.5, 0.6) is 0 Å². The highest BCUT2D eigenvalue weighted by molar-refractivity contribution is 6.32. The van der Waals surface area contributed by atoms with E-state index in [-0.39, 0.29) is 11.9 Å². The number of hydrogen-bond donors (Lipinski definition) is 1. The van der Waals surface area contributed by atoms with Crippen molar-refractivity contribution in [1.29, 1.82) is 0 Å². The van der Waals surface area contributed by atoms with Gasteiger partial charge in [0.2, 0.25) is 5.91 Å². The topological polar surface area (TPSA) is 50.2 Å². The molecule has 2 aromatic rings. The zero-order chi connectivity index (χ0) is 15.5. The van der Waals surface area contributed by atoms with Gasteiger partial charge in [-0.25, -0.2) is 4.68 Å². The Kier molecular flexibility index (Phi) is 4.45. The minimum absolute atomic E-state index is 0.0402. The molecule has 22 heavy (non-hydrogen) atoms. The number of benzene rings is 1. The first-order chi connectivity index (χ1) is 10.6. The molecule has 1 aliphatic rings. The SMILES string of the molecule is CC(=O)NC1CCN(Cc2cnn(-c3ccccc3Cl)c2)C1. The maximum absolute atomic E-state index is 11.1. The van der Waals surface area contributed by atoms with Crippen LogP contribution >= 0.6 is 11.6 Å². The molecule has 1 unspecified atom stereocenters. The van der Waals surface area contributed by atoms with Crippen LogP contribution in [0.4, 0.5) is 0 Å². The lowest BCUT2D eigenvalue weighted by atomic mass is 10.2. The highest BCUT2D eigenvalue weighted by atomic mass is 35.5. The van der Waals surface area contributed by atoms with Gasteiger partial charge in [-0.3, -0.25) is 9.69 Å². The minimum atomic E-state index is 0.0402. The summed E-state index contributed by atoms with van der Waals surface area (Å²) in [5.41, 5.74) is 2.02. The van der Waals surface area contributed by atoms with Gasteiger partial charge in [0.15, 0.2) is 0 Å². The number of carbonyl (C=O) groups is 1. The average molecular weight is 319 g/mol. The van der Waals surface area contributed by atoms with Crippen LogP contribution < -0.4 is 5.32 Å². The summed E-state index contributed by atoms with van der Waals surface area (Å²) in [6, 6.07) is 7.92. The van der Waals surface area contributed by atoms with E-state index in [2.05, 4.69) is 15.3 Å². The van der Waals surface area contributed by atoms with Crippen molar-refractivity contribution in [2.75, 3.05) is 13.1 Å². The molecule has 1 amide bonds. The first-order valence-corrected chi connectivity index (χ1v) is 7.77. The van der Waals surface area contributed by atoms with Crippen LogP contribution in [0.25, 0.3) is 5.69 Å². The van der Waals surface area contributed by atoms with Gasteiger partial charge >= 0.3 is 0 Å². The molecule has 1 aliphatic heterocycles. The molecule has 0 bridgehead atoms.